The smallest absolute Gasteiger partial charge is 0.270 e. The van der Waals surface area contributed by atoms with Crippen LogP contribution in [0.1, 0.15) is 29.6 Å². The second kappa shape index (κ2) is 7.54. The highest BCUT2D eigenvalue weighted by atomic mass is 32.1. The van der Waals surface area contributed by atoms with Gasteiger partial charge in [0.05, 0.1) is 4.92 Å². The molecule has 0 aliphatic carbocycles. The van der Waals surface area contributed by atoms with E-state index < -0.39 is 4.92 Å². The molecule has 0 aliphatic rings. The molecule has 2 aromatic rings. The third-order valence-corrected chi connectivity index (χ3v) is 3.68. The van der Waals surface area contributed by atoms with Crippen LogP contribution in [0.5, 0.6) is 0 Å². The lowest BCUT2D eigenvalue weighted by Crippen LogP contribution is -2.33. The number of amides is 1. The van der Waals surface area contributed by atoms with Gasteiger partial charge in [0.2, 0.25) is 0 Å². The minimum atomic E-state index is -0.508. The predicted octanol–water partition coefficient (Wildman–Crippen LogP) is 3.65. The van der Waals surface area contributed by atoms with Gasteiger partial charge in [0.15, 0.2) is 0 Å². The fourth-order valence-electron chi connectivity index (χ4n) is 1.85. The van der Waals surface area contributed by atoms with Gasteiger partial charge >= 0.3 is 0 Å². The van der Waals surface area contributed by atoms with Crippen molar-refractivity contribution in [1.82, 2.24) is 5.32 Å². The van der Waals surface area contributed by atoms with Crippen LogP contribution in [-0.2, 0) is 6.42 Å². The Morgan fingerprint density at radius 1 is 1.38 bits per heavy atom. The Hall–Kier alpha value is -2.21. The second-order valence-corrected chi connectivity index (χ2v) is 5.50. The van der Waals surface area contributed by atoms with E-state index in [0.717, 1.165) is 6.42 Å². The van der Waals surface area contributed by atoms with Gasteiger partial charge in [-0.25, -0.2) is 0 Å². The highest BCUT2D eigenvalue weighted by Crippen LogP contribution is 2.14. The van der Waals surface area contributed by atoms with Crippen molar-refractivity contribution in [2.75, 3.05) is 0 Å². The monoisotopic (exact) mass is 306 g/mol. The van der Waals surface area contributed by atoms with Crippen molar-refractivity contribution < 1.29 is 9.72 Å². The van der Waals surface area contributed by atoms with Crippen LogP contribution < -0.4 is 5.32 Å². The van der Waals surface area contributed by atoms with E-state index in [9.17, 15) is 14.9 Å². The van der Waals surface area contributed by atoms with E-state index in [0.29, 0.717) is 5.56 Å². The molecule has 112 valence electrons. The van der Waals surface area contributed by atoms with Crippen molar-refractivity contribution >= 4 is 22.9 Å². The molecule has 5 nitrogen and oxygen atoms in total. The molecule has 1 atom stereocenters. The first kappa shape index (κ1) is 16.8. The highest BCUT2D eigenvalue weighted by Gasteiger charge is 2.14. The molecule has 6 heteroatoms. The zero-order valence-electron chi connectivity index (χ0n) is 10.9. The van der Waals surface area contributed by atoms with E-state index in [4.69, 9.17) is 0 Å². The average molecular weight is 306 g/mol. The molecule has 1 heterocycles. The molecule has 0 aliphatic heterocycles. The van der Waals surface area contributed by atoms with E-state index in [-0.39, 0.29) is 25.1 Å². The molecule has 0 unspecified atom stereocenters. The number of nitro groups is 1. The van der Waals surface area contributed by atoms with Crippen LogP contribution in [-0.4, -0.2) is 16.9 Å². The maximum Gasteiger partial charge on any atom is 0.270 e. The first-order valence-corrected chi connectivity index (χ1v) is 7.02. The van der Waals surface area contributed by atoms with Crippen LogP contribution in [0.4, 0.5) is 5.69 Å². The second-order valence-electron chi connectivity index (χ2n) is 4.47. The summed E-state index contributed by atoms with van der Waals surface area (Å²) in [6.07, 6.45) is 0.748. The molecule has 2 rings (SSSR count). The quantitative estimate of drug-likeness (QED) is 0.677. The number of carbonyl (C=O) groups is 1. The molecule has 1 amide bonds. The Labute approximate surface area is 127 Å². The van der Waals surface area contributed by atoms with Crippen LogP contribution in [0, 0.1) is 10.1 Å². The minimum Gasteiger partial charge on any atom is -0.349 e. The third-order valence-electron chi connectivity index (χ3n) is 2.78. The molecule has 0 bridgehead atoms. The van der Waals surface area contributed by atoms with Gasteiger partial charge < -0.3 is 5.32 Å². The molecule has 0 fully saturated rings. The molecule has 1 N–H and O–H groups in total. The van der Waals surface area contributed by atoms with Gasteiger partial charge in [-0.3, -0.25) is 14.9 Å². The maximum absolute atomic E-state index is 12.0. The Morgan fingerprint density at radius 3 is 2.76 bits per heavy atom. The molecular weight excluding hydrogens is 288 g/mol. The summed E-state index contributed by atoms with van der Waals surface area (Å²) >= 11 is 1.64. The van der Waals surface area contributed by atoms with Crippen LogP contribution in [0.25, 0.3) is 0 Å². The summed E-state index contributed by atoms with van der Waals surface area (Å²) in [5.41, 5.74) is 0.223. The van der Waals surface area contributed by atoms with Gasteiger partial charge in [-0.15, -0.1) is 11.3 Å². The summed E-state index contributed by atoms with van der Waals surface area (Å²) in [5.74, 6) is -0.294. The van der Waals surface area contributed by atoms with Gasteiger partial charge in [-0.1, -0.05) is 19.6 Å². The summed E-state index contributed by atoms with van der Waals surface area (Å²) in [4.78, 5) is 23.4. The standard InChI is InChI=1S/C14H14N2O3S.CH4/c1-10(8-13-6-3-7-20-13)15-14(17)11-4-2-5-12(9-11)16(18)19;/h2-7,9-10H,8H2,1H3,(H,15,17);1H4/t10-;/m1./s1. The number of hydrogen-bond donors (Lipinski definition) is 1. The minimum absolute atomic E-state index is 0. The maximum atomic E-state index is 12.0. The molecule has 1 aromatic heterocycles. The van der Waals surface area contributed by atoms with E-state index in [1.807, 2.05) is 24.4 Å². The van der Waals surface area contributed by atoms with Crippen LogP contribution in [0.3, 0.4) is 0 Å². The summed E-state index contributed by atoms with van der Waals surface area (Å²) < 4.78 is 0. The number of thiophene rings is 1. The van der Waals surface area contributed by atoms with E-state index in [2.05, 4.69) is 5.32 Å². The van der Waals surface area contributed by atoms with Gasteiger partial charge in [-0.2, -0.15) is 0 Å². The SMILES string of the molecule is C.C[C@H](Cc1cccs1)NC(=O)c1cccc([N+](=O)[O-])c1. The number of carbonyl (C=O) groups excluding carboxylic acids is 1. The van der Waals surface area contributed by atoms with E-state index >= 15 is 0 Å². The molecule has 0 spiro atoms. The molecule has 0 saturated carbocycles. The summed E-state index contributed by atoms with van der Waals surface area (Å²) in [6, 6.07) is 9.69. The van der Waals surface area contributed by atoms with Crippen LogP contribution in [0.2, 0.25) is 0 Å². The van der Waals surface area contributed by atoms with Gasteiger partial charge in [0, 0.05) is 35.0 Å². The highest BCUT2D eigenvalue weighted by molar-refractivity contribution is 7.09. The van der Waals surface area contributed by atoms with Crippen molar-refractivity contribution in [2.45, 2.75) is 26.8 Å². The Morgan fingerprint density at radius 2 is 2.14 bits per heavy atom. The molecule has 21 heavy (non-hydrogen) atoms. The number of benzene rings is 1. The number of rotatable bonds is 5. The normalized spacial score (nSPS) is 11.3. The summed E-state index contributed by atoms with van der Waals surface area (Å²) in [6.45, 7) is 1.91. The first-order chi connectivity index (χ1) is 9.56. The largest absolute Gasteiger partial charge is 0.349 e. The van der Waals surface area contributed by atoms with E-state index in [1.54, 1.807) is 17.4 Å². The lowest BCUT2D eigenvalue weighted by molar-refractivity contribution is -0.384. The number of nitrogens with one attached hydrogen (secondary N) is 1. The van der Waals surface area contributed by atoms with Gasteiger partial charge in [0.25, 0.3) is 11.6 Å². The number of hydrogen-bond acceptors (Lipinski definition) is 4. The Balaban J connectivity index is 0.00000220. The number of non-ortho nitro benzene ring substituents is 1. The zero-order chi connectivity index (χ0) is 14.5. The van der Waals surface area contributed by atoms with Crippen LogP contribution >= 0.6 is 11.3 Å². The zero-order valence-corrected chi connectivity index (χ0v) is 11.7. The molecular formula is C15H18N2O3S. The van der Waals surface area contributed by atoms with Crippen molar-refractivity contribution in [3.63, 3.8) is 0 Å². The first-order valence-electron chi connectivity index (χ1n) is 6.14. The lowest BCUT2D eigenvalue weighted by atomic mass is 10.1. The van der Waals surface area contributed by atoms with Crippen molar-refractivity contribution in [3.05, 3.63) is 62.3 Å². The molecule has 1 aromatic carbocycles. The summed E-state index contributed by atoms with van der Waals surface area (Å²) in [7, 11) is 0. The van der Waals surface area contributed by atoms with Crippen molar-refractivity contribution in [2.24, 2.45) is 0 Å². The van der Waals surface area contributed by atoms with Gasteiger partial charge in [0.1, 0.15) is 0 Å². The van der Waals surface area contributed by atoms with E-state index in [1.165, 1.54) is 23.1 Å². The van der Waals surface area contributed by atoms with Crippen LogP contribution in [0.15, 0.2) is 41.8 Å². The fourth-order valence-corrected chi connectivity index (χ4v) is 2.68. The summed E-state index contributed by atoms with van der Waals surface area (Å²) in [5, 5.41) is 15.5. The lowest BCUT2D eigenvalue weighted by Gasteiger charge is -2.12. The molecule has 0 saturated heterocycles. The van der Waals surface area contributed by atoms with Crippen molar-refractivity contribution in [3.8, 4) is 0 Å². The predicted molar refractivity (Wildman–Crippen MR) is 84.8 cm³/mol. The third kappa shape index (κ3) is 4.68. The molecule has 0 radical (unpaired) electrons. The van der Waals surface area contributed by atoms with Crippen molar-refractivity contribution in [1.29, 1.82) is 0 Å². The number of nitro benzene ring substituents is 1. The Kier molecular flexibility index (Phi) is 6.05. The van der Waals surface area contributed by atoms with Gasteiger partial charge in [-0.05, 0) is 24.4 Å². The topological polar surface area (TPSA) is 72.2 Å². The average Bonchev–Trinajstić information content (AvgIpc) is 2.91. The Bertz CT molecular complexity index is 611. The number of nitrogens with zero attached hydrogens (tertiary/aromatic N) is 1. The fraction of sp³-hybridized carbons (Fsp3) is 0.267.